The second-order valence-corrected chi connectivity index (χ2v) is 9.85. The molecule has 1 N–H and O–H groups in total. The zero-order valence-corrected chi connectivity index (χ0v) is 22.6. The van der Waals surface area contributed by atoms with Crippen molar-refractivity contribution in [3.63, 3.8) is 0 Å². The molecular formula is C29H34ClN3O5. The number of hydrogen-bond donors (Lipinski definition) is 1. The fourth-order valence-electron chi connectivity index (χ4n) is 4.86. The number of allylic oxidation sites excluding steroid dienone is 1. The maximum absolute atomic E-state index is 13.2. The van der Waals surface area contributed by atoms with E-state index in [1.165, 1.54) is 0 Å². The van der Waals surface area contributed by atoms with Crippen molar-refractivity contribution < 1.29 is 23.9 Å². The number of carbonyl (C=O) groups excluding carboxylic acids is 3. The summed E-state index contributed by atoms with van der Waals surface area (Å²) in [4.78, 5) is 42.7. The minimum Gasteiger partial charge on any atom is -0.463 e. The highest BCUT2D eigenvalue weighted by molar-refractivity contribution is 6.30. The van der Waals surface area contributed by atoms with Gasteiger partial charge in [-0.1, -0.05) is 35.9 Å². The van der Waals surface area contributed by atoms with Crippen LogP contribution in [0.15, 0.2) is 59.8 Å². The molecule has 0 spiro atoms. The summed E-state index contributed by atoms with van der Waals surface area (Å²) in [6.45, 7) is 8.65. The SMILES string of the molecule is CCOC(=O)C1=C(C)N(Cc2ccc(C(=O)NCCN3CCOCC3)cc2)C(=O)CC1c1ccc(Cl)cc1. The predicted octanol–water partition coefficient (Wildman–Crippen LogP) is 3.76. The van der Waals surface area contributed by atoms with Crippen LogP contribution in [0.1, 0.15) is 47.7 Å². The van der Waals surface area contributed by atoms with Crippen molar-refractivity contribution in [1.29, 1.82) is 0 Å². The van der Waals surface area contributed by atoms with Gasteiger partial charge in [-0.3, -0.25) is 14.5 Å². The lowest BCUT2D eigenvalue weighted by Crippen LogP contribution is -2.41. The summed E-state index contributed by atoms with van der Waals surface area (Å²) in [6, 6.07) is 14.4. The number of amides is 2. The van der Waals surface area contributed by atoms with Gasteiger partial charge in [0.25, 0.3) is 5.91 Å². The molecule has 1 fully saturated rings. The first-order valence-electron chi connectivity index (χ1n) is 13.0. The summed E-state index contributed by atoms with van der Waals surface area (Å²) in [5.41, 5.74) is 3.31. The van der Waals surface area contributed by atoms with Crippen LogP contribution >= 0.6 is 11.6 Å². The van der Waals surface area contributed by atoms with E-state index in [2.05, 4.69) is 10.2 Å². The zero-order valence-electron chi connectivity index (χ0n) is 21.9. The Balaban J connectivity index is 1.45. The van der Waals surface area contributed by atoms with Crippen molar-refractivity contribution in [2.24, 2.45) is 0 Å². The zero-order chi connectivity index (χ0) is 27.1. The molecular weight excluding hydrogens is 506 g/mol. The monoisotopic (exact) mass is 539 g/mol. The van der Waals surface area contributed by atoms with E-state index in [9.17, 15) is 14.4 Å². The third kappa shape index (κ3) is 6.81. The van der Waals surface area contributed by atoms with Crippen molar-refractivity contribution >= 4 is 29.4 Å². The molecule has 0 saturated carbocycles. The highest BCUT2D eigenvalue weighted by Gasteiger charge is 2.36. The quantitative estimate of drug-likeness (QED) is 0.488. The van der Waals surface area contributed by atoms with Crippen LogP contribution in [-0.2, 0) is 25.6 Å². The third-order valence-corrected chi connectivity index (χ3v) is 7.22. The van der Waals surface area contributed by atoms with Gasteiger partial charge in [-0.05, 0) is 49.2 Å². The first-order valence-corrected chi connectivity index (χ1v) is 13.4. The van der Waals surface area contributed by atoms with Crippen LogP contribution in [-0.4, -0.2) is 73.6 Å². The van der Waals surface area contributed by atoms with E-state index >= 15 is 0 Å². The molecule has 2 aromatic rings. The Bertz CT molecular complexity index is 1170. The van der Waals surface area contributed by atoms with E-state index < -0.39 is 11.9 Å². The molecule has 0 aromatic heterocycles. The van der Waals surface area contributed by atoms with Crippen molar-refractivity contribution in [1.82, 2.24) is 15.1 Å². The molecule has 1 atom stereocenters. The summed E-state index contributed by atoms with van der Waals surface area (Å²) in [5.74, 6) is -1.05. The van der Waals surface area contributed by atoms with E-state index in [1.54, 1.807) is 43.0 Å². The number of ether oxygens (including phenoxy) is 2. The van der Waals surface area contributed by atoms with E-state index in [0.717, 1.165) is 44.0 Å². The van der Waals surface area contributed by atoms with Gasteiger partial charge < -0.3 is 19.7 Å². The Morgan fingerprint density at radius 3 is 2.42 bits per heavy atom. The van der Waals surface area contributed by atoms with Crippen molar-refractivity contribution in [3.05, 3.63) is 81.5 Å². The van der Waals surface area contributed by atoms with Crippen molar-refractivity contribution in [2.45, 2.75) is 32.7 Å². The van der Waals surface area contributed by atoms with Gasteiger partial charge in [0, 0.05) is 54.8 Å². The largest absolute Gasteiger partial charge is 0.463 e. The highest BCUT2D eigenvalue weighted by Crippen LogP contribution is 2.38. The van der Waals surface area contributed by atoms with Crippen LogP contribution < -0.4 is 5.32 Å². The lowest BCUT2D eigenvalue weighted by atomic mass is 9.83. The Morgan fingerprint density at radius 2 is 1.76 bits per heavy atom. The predicted molar refractivity (Wildman–Crippen MR) is 145 cm³/mol. The number of esters is 1. The Labute approximate surface area is 228 Å². The molecule has 2 aromatic carbocycles. The summed E-state index contributed by atoms with van der Waals surface area (Å²) in [7, 11) is 0. The number of carbonyl (C=O) groups is 3. The average molecular weight is 540 g/mol. The lowest BCUT2D eigenvalue weighted by molar-refractivity contribution is -0.140. The molecule has 8 nitrogen and oxygen atoms in total. The minimum absolute atomic E-state index is 0.0829. The van der Waals surface area contributed by atoms with Gasteiger partial charge >= 0.3 is 5.97 Å². The van der Waals surface area contributed by atoms with Gasteiger partial charge in [0.2, 0.25) is 5.91 Å². The topological polar surface area (TPSA) is 88.2 Å². The van der Waals surface area contributed by atoms with Gasteiger partial charge in [0.1, 0.15) is 0 Å². The fraction of sp³-hybridized carbons (Fsp3) is 0.414. The summed E-state index contributed by atoms with van der Waals surface area (Å²) in [5, 5.41) is 3.55. The Morgan fingerprint density at radius 1 is 1.08 bits per heavy atom. The average Bonchev–Trinajstić information content (AvgIpc) is 2.92. The van der Waals surface area contributed by atoms with Crippen LogP contribution in [0.25, 0.3) is 0 Å². The Hall–Kier alpha value is -3.20. The second-order valence-electron chi connectivity index (χ2n) is 9.41. The smallest absolute Gasteiger partial charge is 0.336 e. The normalized spacial score (nSPS) is 18.4. The fourth-order valence-corrected chi connectivity index (χ4v) is 4.98. The molecule has 2 amide bonds. The van der Waals surface area contributed by atoms with Crippen LogP contribution in [0.3, 0.4) is 0 Å². The van der Waals surface area contributed by atoms with Crippen LogP contribution in [0.5, 0.6) is 0 Å². The highest BCUT2D eigenvalue weighted by atomic mass is 35.5. The number of rotatable bonds is 9. The number of morpholine rings is 1. The molecule has 202 valence electrons. The van der Waals surface area contributed by atoms with Gasteiger partial charge in [-0.25, -0.2) is 4.79 Å². The van der Waals surface area contributed by atoms with Crippen molar-refractivity contribution in [3.8, 4) is 0 Å². The molecule has 0 radical (unpaired) electrons. The maximum atomic E-state index is 13.2. The first kappa shape index (κ1) is 27.8. The first-order chi connectivity index (χ1) is 18.4. The van der Waals surface area contributed by atoms with Crippen molar-refractivity contribution in [2.75, 3.05) is 46.0 Å². The molecule has 1 unspecified atom stereocenters. The number of halogens is 1. The Kier molecular flexibility index (Phi) is 9.55. The summed E-state index contributed by atoms with van der Waals surface area (Å²) >= 11 is 6.05. The van der Waals surface area contributed by atoms with Gasteiger partial charge in [-0.15, -0.1) is 0 Å². The van der Waals surface area contributed by atoms with E-state index in [0.29, 0.717) is 34.9 Å². The molecule has 38 heavy (non-hydrogen) atoms. The lowest BCUT2D eigenvalue weighted by Gasteiger charge is -2.34. The number of benzene rings is 2. The van der Waals surface area contributed by atoms with Gasteiger partial charge in [-0.2, -0.15) is 0 Å². The minimum atomic E-state index is -0.424. The molecule has 2 heterocycles. The van der Waals surface area contributed by atoms with Gasteiger partial charge in [0.05, 0.1) is 31.9 Å². The summed E-state index contributed by atoms with van der Waals surface area (Å²) < 4.78 is 10.7. The number of nitrogens with one attached hydrogen (secondary N) is 1. The van der Waals surface area contributed by atoms with E-state index in [-0.39, 0.29) is 24.8 Å². The molecule has 1 saturated heterocycles. The molecule has 9 heteroatoms. The molecule has 0 aliphatic carbocycles. The molecule has 4 rings (SSSR count). The number of hydrogen-bond acceptors (Lipinski definition) is 6. The molecule has 0 bridgehead atoms. The maximum Gasteiger partial charge on any atom is 0.336 e. The van der Waals surface area contributed by atoms with Gasteiger partial charge in [0.15, 0.2) is 0 Å². The second kappa shape index (κ2) is 13.0. The number of nitrogens with zero attached hydrogens (tertiary/aromatic N) is 2. The molecule has 2 aliphatic rings. The van der Waals surface area contributed by atoms with Crippen LogP contribution in [0, 0.1) is 0 Å². The van der Waals surface area contributed by atoms with Crippen LogP contribution in [0.4, 0.5) is 0 Å². The van der Waals surface area contributed by atoms with E-state index in [1.807, 2.05) is 24.3 Å². The van der Waals surface area contributed by atoms with E-state index in [4.69, 9.17) is 21.1 Å². The van der Waals surface area contributed by atoms with Crippen LogP contribution in [0.2, 0.25) is 5.02 Å². The standard InChI is InChI=1S/C29H34ClN3O5/c1-3-38-29(36)27-20(2)33(26(34)18-25(27)22-8-10-24(30)11-9-22)19-21-4-6-23(7-5-21)28(35)31-12-13-32-14-16-37-17-15-32/h4-11,25H,3,12-19H2,1-2H3,(H,31,35). The molecule has 2 aliphatic heterocycles. The summed E-state index contributed by atoms with van der Waals surface area (Å²) in [6.07, 6.45) is 0.150. The third-order valence-electron chi connectivity index (χ3n) is 6.96.